The second kappa shape index (κ2) is 6.36. The highest BCUT2D eigenvalue weighted by molar-refractivity contribution is 5.93. The highest BCUT2D eigenvalue weighted by Gasteiger charge is 2.31. The summed E-state index contributed by atoms with van der Waals surface area (Å²) in [6.07, 6.45) is 4.64. The SMILES string of the molecule is Cc1nc(C2CCCCN2C(=O)c2cc(N(C)C)ccn2)n[nH]1. The first-order chi connectivity index (χ1) is 11.1. The number of amides is 1. The van der Waals surface area contributed by atoms with Crippen LogP contribution < -0.4 is 4.90 Å². The second-order valence-electron chi connectivity index (χ2n) is 6.08. The normalized spacial score (nSPS) is 18.0. The van der Waals surface area contributed by atoms with E-state index in [2.05, 4.69) is 20.2 Å². The molecular weight excluding hydrogens is 292 g/mol. The molecule has 1 aliphatic heterocycles. The van der Waals surface area contributed by atoms with Crippen molar-refractivity contribution in [1.29, 1.82) is 0 Å². The fourth-order valence-corrected chi connectivity index (χ4v) is 2.91. The Morgan fingerprint density at radius 1 is 1.39 bits per heavy atom. The van der Waals surface area contributed by atoms with Gasteiger partial charge in [-0.3, -0.25) is 14.9 Å². The van der Waals surface area contributed by atoms with Gasteiger partial charge in [0.05, 0.1) is 6.04 Å². The zero-order valence-electron chi connectivity index (χ0n) is 13.8. The fourth-order valence-electron chi connectivity index (χ4n) is 2.91. The first-order valence-electron chi connectivity index (χ1n) is 7.89. The second-order valence-corrected chi connectivity index (χ2v) is 6.08. The number of aromatic nitrogens is 4. The summed E-state index contributed by atoms with van der Waals surface area (Å²) in [7, 11) is 3.90. The van der Waals surface area contributed by atoms with Crippen LogP contribution >= 0.6 is 0 Å². The summed E-state index contributed by atoms with van der Waals surface area (Å²) in [4.78, 5) is 25.4. The molecule has 0 bridgehead atoms. The number of carbonyl (C=O) groups excluding carboxylic acids is 1. The first-order valence-corrected chi connectivity index (χ1v) is 7.89. The molecule has 23 heavy (non-hydrogen) atoms. The van der Waals surface area contributed by atoms with Gasteiger partial charge in [-0.15, -0.1) is 0 Å². The molecule has 1 N–H and O–H groups in total. The van der Waals surface area contributed by atoms with Gasteiger partial charge in [0.2, 0.25) is 0 Å². The predicted octanol–water partition coefficient (Wildman–Crippen LogP) is 1.94. The number of likely N-dealkylation sites (tertiary alicyclic amines) is 1. The van der Waals surface area contributed by atoms with E-state index < -0.39 is 0 Å². The van der Waals surface area contributed by atoms with Crippen LogP contribution in [0, 0.1) is 6.92 Å². The van der Waals surface area contributed by atoms with Gasteiger partial charge in [-0.1, -0.05) is 0 Å². The number of pyridine rings is 1. The molecule has 2 aromatic heterocycles. The minimum absolute atomic E-state index is 0.0548. The molecule has 3 rings (SSSR count). The molecule has 1 fully saturated rings. The Hall–Kier alpha value is -2.44. The maximum atomic E-state index is 12.9. The molecule has 0 aromatic carbocycles. The number of rotatable bonds is 3. The molecule has 0 radical (unpaired) electrons. The molecule has 1 aliphatic rings. The van der Waals surface area contributed by atoms with E-state index in [1.54, 1.807) is 6.20 Å². The Bertz CT molecular complexity index is 695. The monoisotopic (exact) mass is 314 g/mol. The van der Waals surface area contributed by atoms with Crippen molar-refractivity contribution in [3.05, 3.63) is 35.7 Å². The molecule has 1 unspecified atom stereocenters. The van der Waals surface area contributed by atoms with E-state index >= 15 is 0 Å². The van der Waals surface area contributed by atoms with Crippen LogP contribution in [0.25, 0.3) is 0 Å². The van der Waals surface area contributed by atoms with Crippen LogP contribution in [-0.2, 0) is 0 Å². The highest BCUT2D eigenvalue weighted by atomic mass is 16.2. The topological polar surface area (TPSA) is 78.0 Å². The molecule has 122 valence electrons. The highest BCUT2D eigenvalue weighted by Crippen LogP contribution is 2.30. The van der Waals surface area contributed by atoms with Gasteiger partial charge in [0.25, 0.3) is 5.91 Å². The molecule has 1 saturated heterocycles. The minimum Gasteiger partial charge on any atom is -0.378 e. The molecule has 2 aromatic rings. The number of H-pyrrole nitrogens is 1. The van der Waals surface area contributed by atoms with Gasteiger partial charge in [-0.05, 0) is 38.3 Å². The summed E-state index contributed by atoms with van der Waals surface area (Å²) >= 11 is 0. The number of anilines is 1. The number of hydrogen-bond acceptors (Lipinski definition) is 5. The number of piperidine rings is 1. The van der Waals surface area contributed by atoms with E-state index in [0.29, 0.717) is 18.1 Å². The maximum Gasteiger partial charge on any atom is 0.273 e. The zero-order valence-corrected chi connectivity index (χ0v) is 13.8. The third kappa shape index (κ3) is 3.18. The van der Waals surface area contributed by atoms with E-state index in [0.717, 1.165) is 30.8 Å². The standard InChI is InChI=1S/C16H22N6O/c1-11-18-15(20-19-11)14-6-4-5-9-22(14)16(23)13-10-12(21(2)3)7-8-17-13/h7-8,10,14H,4-6,9H2,1-3H3,(H,18,19,20). The molecular formula is C16H22N6O. The average molecular weight is 314 g/mol. The van der Waals surface area contributed by atoms with Crippen LogP contribution in [0.15, 0.2) is 18.3 Å². The molecule has 0 aliphatic carbocycles. The van der Waals surface area contributed by atoms with Crippen molar-refractivity contribution < 1.29 is 4.79 Å². The van der Waals surface area contributed by atoms with Gasteiger partial charge in [0, 0.05) is 32.5 Å². The molecule has 0 spiro atoms. The number of aromatic amines is 1. The zero-order chi connectivity index (χ0) is 16.4. The Labute approximate surface area is 135 Å². The van der Waals surface area contributed by atoms with Crippen molar-refractivity contribution >= 4 is 11.6 Å². The van der Waals surface area contributed by atoms with Crippen LogP contribution in [0.2, 0.25) is 0 Å². The van der Waals surface area contributed by atoms with E-state index in [-0.39, 0.29) is 11.9 Å². The van der Waals surface area contributed by atoms with Gasteiger partial charge in [0.15, 0.2) is 5.82 Å². The Balaban J connectivity index is 1.88. The lowest BCUT2D eigenvalue weighted by Crippen LogP contribution is -2.39. The molecule has 1 atom stereocenters. The molecule has 3 heterocycles. The third-order valence-electron chi connectivity index (χ3n) is 4.16. The van der Waals surface area contributed by atoms with Crippen molar-refractivity contribution in [2.45, 2.75) is 32.2 Å². The Morgan fingerprint density at radius 2 is 2.22 bits per heavy atom. The van der Waals surface area contributed by atoms with Crippen molar-refractivity contribution in [3.8, 4) is 0 Å². The fraction of sp³-hybridized carbons (Fsp3) is 0.500. The maximum absolute atomic E-state index is 12.9. The quantitative estimate of drug-likeness (QED) is 0.937. The number of aryl methyl sites for hydroxylation is 1. The average Bonchev–Trinajstić information content (AvgIpc) is 3.00. The van der Waals surface area contributed by atoms with Gasteiger partial charge < -0.3 is 9.80 Å². The molecule has 7 nitrogen and oxygen atoms in total. The van der Waals surface area contributed by atoms with Crippen LogP contribution in [0.5, 0.6) is 0 Å². The largest absolute Gasteiger partial charge is 0.378 e. The Morgan fingerprint density at radius 3 is 2.91 bits per heavy atom. The van der Waals surface area contributed by atoms with Crippen molar-refractivity contribution in [3.63, 3.8) is 0 Å². The minimum atomic E-state index is -0.0778. The summed E-state index contributed by atoms with van der Waals surface area (Å²) in [6.45, 7) is 2.58. The van der Waals surface area contributed by atoms with Crippen molar-refractivity contribution in [1.82, 2.24) is 25.1 Å². The van der Waals surface area contributed by atoms with Crippen LogP contribution in [0.1, 0.15) is 47.4 Å². The van der Waals surface area contributed by atoms with Gasteiger partial charge in [-0.2, -0.15) is 5.10 Å². The van der Waals surface area contributed by atoms with Crippen molar-refractivity contribution in [2.24, 2.45) is 0 Å². The van der Waals surface area contributed by atoms with E-state index in [4.69, 9.17) is 0 Å². The van der Waals surface area contributed by atoms with E-state index in [9.17, 15) is 4.79 Å². The van der Waals surface area contributed by atoms with Gasteiger partial charge >= 0.3 is 0 Å². The smallest absolute Gasteiger partial charge is 0.273 e. The summed E-state index contributed by atoms with van der Waals surface area (Å²) < 4.78 is 0. The number of nitrogens with zero attached hydrogens (tertiary/aromatic N) is 5. The summed E-state index contributed by atoms with van der Waals surface area (Å²) in [6, 6.07) is 3.64. The van der Waals surface area contributed by atoms with Gasteiger partial charge in [0.1, 0.15) is 11.5 Å². The lowest BCUT2D eigenvalue weighted by molar-refractivity contribution is 0.0594. The summed E-state index contributed by atoms with van der Waals surface area (Å²) in [5.41, 5.74) is 1.43. The predicted molar refractivity (Wildman–Crippen MR) is 87.3 cm³/mol. The third-order valence-corrected chi connectivity index (χ3v) is 4.16. The number of nitrogens with one attached hydrogen (secondary N) is 1. The number of hydrogen-bond donors (Lipinski definition) is 1. The molecule has 0 saturated carbocycles. The van der Waals surface area contributed by atoms with E-state index in [1.807, 2.05) is 43.0 Å². The lowest BCUT2D eigenvalue weighted by atomic mass is 10.0. The van der Waals surface area contributed by atoms with Gasteiger partial charge in [-0.25, -0.2) is 4.98 Å². The summed E-state index contributed by atoms with van der Waals surface area (Å²) in [5, 5.41) is 7.12. The van der Waals surface area contributed by atoms with Crippen molar-refractivity contribution in [2.75, 3.05) is 25.5 Å². The Kier molecular flexibility index (Phi) is 4.27. The van der Waals surface area contributed by atoms with E-state index in [1.165, 1.54) is 0 Å². The first kappa shape index (κ1) is 15.5. The van der Waals surface area contributed by atoms with Crippen LogP contribution in [-0.4, -0.2) is 51.6 Å². The lowest BCUT2D eigenvalue weighted by Gasteiger charge is -2.33. The van der Waals surface area contributed by atoms with Crippen LogP contribution in [0.4, 0.5) is 5.69 Å². The summed E-state index contributed by atoms with van der Waals surface area (Å²) in [5.74, 6) is 1.41. The number of carbonyl (C=O) groups is 1. The van der Waals surface area contributed by atoms with Crippen LogP contribution in [0.3, 0.4) is 0 Å². The molecule has 7 heteroatoms. The molecule has 1 amide bonds.